The van der Waals surface area contributed by atoms with E-state index in [1.54, 1.807) is 55.1 Å². The summed E-state index contributed by atoms with van der Waals surface area (Å²) < 4.78 is 4.53. The molecule has 180 valence electrons. The smallest absolute Gasteiger partial charge is 0.248 e. The van der Waals surface area contributed by atoms with Gasteiger partial charge in [-0.25, -0.2) is 0 Å². The number of thioether (sulfide) groups is 1. The number of aliphatic hydroxyl groups excluding tert-OH is 1. The summed E-state index contributed by atoms with van der Waals surface area (Å²) in [5, 5.41) is 16.0. The number of nitrogens with one attached hydrogen (secondary N) is 2. The van der Waals surface area contributed by atoms with E-state index in [1.807, 2.05) is 13.8 Å². The Morgan fingerprint density at radius 1 is 1.30 bits per heavy atom. The maximum Gasteiger partial charge on any atom is 0.248 e. The molecule has 8 nitrogen and oxygen atoms in total. The number of anilines is 1. The average molecular weight is 476 g/mol. The van der Waals surface area contributed by atoms with Gasteiger partial charge in [0.25, 0.3) is 0 Å². The molecular weight excluding hydrogens is 442 g/mol. The number of methoxy groups -OCH3 is 1. The van der Waals surface area contributed by atoms with Gasteiger partial charge in [-0.15, -0.1) is 11.8 Å². The van der Waals surface area contributed by atoms with Gasteiger partial charge in [0, 0.05) is 18.0 Å². The minimum Gasteiger partial charge on any atom is -0.497 e. The molecule has 3 fully saturated rings. The van der Waals surface area contributed by atoms with E-state index < -0.39 is 28.7 Å². The molecule has 7 atom stereocenters. The summed E-state index contributed by atoms with van der Waals surface area (Å²) in [7, 11) is 3.17. The number of hydrogen-bond donors (Lipinski definition) is 3. The fourth-order valence-corrected chi connectivity index (χ4v) is 8.12. The number of likely N-dealkylation sites (tertiary alicyclic amines) is 1. The average Bonchev–Trinajstić information content (AvgIpc) is 3.47. The number of carbonyl (C=O) groups is 3. The lowest BCUT2D eigenvalue weighted by atomic mass is 9.70. The molecule has 3 heterocycles. The van der Waals surface area contributed by atoms with Crippen molar-refractivity contribution in [2.45, 2.75) is 55.2 Å². The summed E-state index contributed by atoms with van der Waals surface area (Å²) in [6.45, 7) is 3.76. The summed E-state index contributed by atoms with van der Waals surface area (Å²) in [5.41, 5.74) is 0.609. The van der Waals surface area contributed by atoms with Gasteiger partial charge in [0.15, 0.2) is 0 Å². The predicted octanol–water partition coefficient (Wildman–Crippen LogP) is 1.88. The fourth-order valence-electron chi connectivity index (χ4n) is 5.91. The Morgan fingerprint density at radius 3 is 2.58 bits per heavy atom. The quantitative estimate of drug-likeness (QED) is 0.530. The summed E-state index contributed by atoms with van der Waals surface area (Å²) in [6.07, 6.45) is 2.25. The molecule has 9 heteroatoms. The van der Waals surface area contributed by atoms with E-state index >= 15 is 0 Å². The Morgan fingerprint density at radius 2 is 2.00 bits per heavy atom. The van der Waals surface area contributed by atoms with Crippen LogP contribution < -0.4 is 15.4 Å². The van der Waals surface area contributed by atoms with Crippen LogP contribution in [0, 0.1) is 17.8 Å². The van der Waals surface area contributed by atoms with Gasteiger partial charge in [-0.3, -0.25) is 14.4 Å². The van der Waals surface area contributed by atoms with Crippen molar-refractivity contribution < 1.29 is 24.2 Å². The molecule has 2 unspecified atom stereocenters. The largest absolute Gasteiger partial charge is 0.497 e. The van der Waals surface area contributed by atoms with E-state index in [0.717, 1.165) is 12.8 Å². The third-order valence-corrected chi connectivity index (χ3v) is 9.69. The van der Waals surface area contributed by atoms with Crippen LogP contribution in [0.2, 0.25) is 0 Å². The van der Waals surface area contributed by atoms with Crippen LogP contribution in [0.15, 0.2) is 24.3 Å². The van der Waals surface area contributed by atoms with E-state index in [2.05, 4.69) is 10.6 Å². The molecule has 1 aromatic carbocycles. The molecule has 1 aromatic rings. The van der Waals surface area contributed by atoms with Gasteiger partial charge in [0.05, 0.1) is 36.3 Å². The monoisotopic (exact) mass is 475 g/mol. The third kappa shape index (κ3) is 3.69. The standard InChI is InChI=1S/C24H33N3O5S/c1-5-13(2)16(12-28)27-20(22(30)26-14-6-8-15(32-4)9-7-14)24-11-10-17(33-24)18(21(29)25-3)19(24)23(27)31/h6-9,13,16-20,28H,5,10-12H2,1-4H3,(H,25,29)(H,26,30)/t13-,16-,17-,18+,19-,20?,24?/m0/s1. The van der Waals surface area contributed by atoms with Gasteiger partial charge in [0.2, 0.25) is 17.7 Å². The molecule has 3 aliphatic rings. The van der Waals surface area contributed by atoms with Crippen molar-refractivity contribution in [3.05, 3.63) is 24.3 Å². The predicted molar refractivity (Wildman–Crippen MR) is 127 cm³/mol. The first kappa shape index (κ1) is 23.9. The third-order valence-electron chi connectivity index (χ3n) is 7.74. The van der Waals surface area contributed by atoms with Crippen LogP contribution in [-0.4, -0.2) is 70.6 Å². The number of benzene rings is 1. The van der Waals surface area contributed by atoms with Crippen LogP contribution in [0.5, 0.6) is 5.75 Å². The summed E-state index contributed by atoms with van der Waals surface area (Å²) in [4.78, 5) is 42.1. The molecule has 0 saturated carbocycles. The Bertz CT molecular complexity index is 925. The summed E-state index contributed by atoms with van der Waals surface area (Å²) in [5.74, 6) is -0.945. The lowest BCUT2D eigenvalue weighted by Crippen LogP contribution is -2.56. The highest BCUT2D eigenvalue weighted by atomic mass is 32.2. The second-order valence-corrected chi connectivity index (χ2v) is 10.9. The Kier molecular flexibility index (Phi) is 6.64. The molecule has 3 aliphatic heterocycles. The first-order valence-electron chi connectivity index (χ1n) is 11.6. The molecule has 33 heavy (non-hydrogen) atoms. The number of nitrogens with zero attached hydrogens (tertiary/aromatic N) is 1. The van der Waals surface area contributed by atoms with Crippen LogP contribution in [0.4, 0.5) is 5.69 Å². The first-order valence-corrected chi connectivity index (χ1v) is 12.5. The molecule has 1 spiro atoms. The van der Waals surface area contributed by atoms with Crippen molar-refractivity contribution in [2.75, 3.05) is 26.1 Å². The lowest BCUT2D eigenvalue weighted by Gasteiger charge is -2.39. The van der Waals surface area contributed by atoms with Crippen molar-refractivity contribution in [2.24, 2.45) is 17.8 Å². The second-order valence-electron chi connectivity index (χ2n) is 9.27. The minimum absolute atomic E-state index is 0.00566. The van der Waals surface area contributed by atoms with Gasteiger partial charge in [-0.1, -0.05) is 20.3 Å². The normalized spacial score (nSPS) is 31.8. The topological polar surface area (TPSA) is 108 Å². The number of rotatable bonds is 8. The van der Waals surface area contributed by atoms with Gasteiger partial charge in [-0.2, -0.15) is 0 Å². The van der Waals surface area contributed by atoms with E-state index in [0.29, 0.717) is 17.9 Å². The van der Waals surface area contributed by atoms with Crippen LogP contribution in [0.25, 0.3) is 0 Å². The number of hydrogen-bond acceptors (Lipinski definition) is 6. The highest BCUT2D eigenvalue weighted by molar-refractivity contribution is 8.02. The second kappa shape index (κ2) is 9.18. The van der Waals surface area contributed by atoms with Gasteiger partial charge < -0.3 is 25.4 Å². The van der Waals surface area contributed by atoms with Crippen molar-refractivity contribution in [3.63, 3.8) is 0 Å². The van der Waals surface area contributed by atoms with Gasteiger partial charge in [-0.05, 0) is 43.0 Å². The molecular formula is C24H33N3O5S. The summed E-state index contributed by atoms with van der Waals surface area (Å²) >= 11 is 1.62. The lowest BCUT2D eigenvalue weighted by molar-refractivity contribution is -0.143. The molecule has 0 aliphatic carbocycles. The fraction of sp³-hybridized carbons (Fsp3) is 0.625. The molecule has 4 rings (SSSR count). The Hall–Kier alpha value is -2.26. The summed E-state index contributed by atoms with van der Waals surface area (Å²) in [6, 6.07) is 5.81. The maximum absolute atomic E-state index is 13.9. The highest BCUT2D eigenvalue weighted by Crippen LogP contribution is 2.66. The molecule has 3 saturated heterocycles. The van der Waals surface area contributed by atoms with E-state index in [9.17, 15) is 19.5 Å². The Labute approximate surface area is 198 Å². The van der Waals surface area contributed by atoms with E-state index in [-0.39, 0.29) is 35.5 Å². The van der Waals surface area contributed by atoms with Crippen molar-refractivity contribution in [1.29, 1.82) is 0 Å². The van der Waals surface area contributed by atoms with Crippen LogP contribution >= 0.6 is 11.8 Å². The molecule has 0 radical (unpaired) electrons. The number of amides is 3. The minimum atomic E-state index is -0.757. The maximum atomic E-state index is 13.9. The van der Waals surface area contributed by atoms with E-state index in [4.69, 9.17) is 4.74 Å². The van der Waals surface area contributed by atoms with E-state index in [1.165, 1.54) is 0 Å². The zero-order valence-electron chi connectivity index (χ0n) is 19.5. The zero-order chi connectivity index (χ0) is 23.9. The highest BCUT2D eigenvalue weighted by Gasteiger charge is 2.74. The molecule has 3 N–H and O–H groups in total. The van der Waals surface area contributed by atoms with Crippen molar-refractivity contribution in [3.8, 4) is 5.75 Å². The number of ether oxygens (including phenoxy) is 1. The molecule has 3 amide bonds. The van der Waals surface area contributed by atoms with Crippen molar-refractivity contribution >= 4 is 35.2 Å². The zero-order valence-corrected chi connectivity index (χ0v) is 20.4. The van der Waals surface area contributed by atoms with Crippen LogP contribution in [0.3, 0.4) is 0 Å². The number of fused-ring (bicyclic) bond motifs is 1. The SMILES string of the molecule is CC[C@H](C)[C@H](CO)N1C(=O)[C@@H]2[C@H](C(=O)NC)[C@@H]3CCC2(S3)C1C(=O)Nc1ccc(OC)cc1. The van der Waals surface area contributed by atoms with Gasteiger partial charge >= 0.3 is 0 Å². The Balaban J connectivity index is 1.74. The van der Waals surface area contributed by atoms with Crippen molar-refractivity contribution in [1.82, 2.24) is 10.2 Å². The first-order chi connectivity index (χ1) is 15.8. The molecule has 2 bridgehead atoms. The van der Waals surface area contributed by atoms with Crippen LogP contribution in [0.1, 0.15) is 33.1 Å². The van der Waals surface area contributed by atoms with Crippen LogP contribution in [-0.2, 0) is 14.4 Å². The molecule has 0 aromatic heterocycles. The number of aliphatic hydroxyl groups is 1. The number of carbonyl (C=O) groups excluding carboxylic acids is 3. The van der Waals surface area contributed by atoms with Gasteiger partial charge in [0.1, 0.15) is 11.8 Å².